The van der Waals surface area contributed by atoms with Crippen LogP contribution in [0.25, 0.3) is 0 Å². The molecule has 2 N–H and O–H groups in total. The largest absolute Gasteiger partial charge is 0.343 e. The van der Waals surface area contributed by atoms with E-state index < -0.39 is 5.79 Å². The van der Waals surface area contributed by atoms with Crippen molar-refractivity contribution in [3.63, 3.8) is 0 Å². The van der Waals surface area contributed by atoms with Crippen molar-refractivity contribution in [3.8, 4) is 0 Å². The van der Waals surface area contributed by atoms with Crippen LogP contribution in [0.4, 0.5) is 4.39 Å². The highest BCUT2D eigenvalue weighted by Gasteiger charge is 2.38. The lowest BCUT2D eigenvalue weighted by Gasteiger charge is -2.23. The highest BCUT2D eigenvalue weighted by atomic mass is 19.1. The van der Waals surface area contributed by atoms with Crippen LogP contribution in [0.1, 0.15) is 18.1 Å². The Bertz CT molecular complexity index is 397. The highest BCUT2D eigenvalue weighted by Crippen LogP contribution is 2.34. The Kier molecular flexibility index (Phi) is 2.97. The van der Waals surface area contributed by atoms with Crippen molar-refractivity contribution in [2.45, 2.75) is 25.7 Å². The molecule has 2 unspecified atom stereocenters. The monoisotopic (exact) mass is 225 g/mol. The van der Waals surface area contributed by atoms with Crippen LogP contribution in [0, 0.1) is 12.7 Å². The summed E-state index contributed by atoms with van der Waals surface area (Å²) in [7, 11) is 0. The van der Waals surface area contributed by atoms with E-state index in [1.165, 1.54) is 6.07 Å². The normalized spacial score (nSPS) is 29.6. The molecule has 1 aromatic rings. The molecule has 2 atom stereocenters. The minimum absolute atomic E-state index is 0.116. The van der Waals surface area contributed by atoms with Gasteiger partial charge in [-0.2, -0.15) is 0 Å². The lowest BCUT2D eigenvalue weighted by Crippen LogP contribution is -2.27. The van der Waals surface area contributed by atoms with Crippen LogP contribution in [0.3, 0.4) is 0 Å². The maximum atomic E-state index is 13.4. The van der Waals surface area contributed by atoms with Crippen molar-refractivity contribution in [1.82, 2.24) is 0 Å². The highest BCUT2D eigenvalue weighted by molar-refractivity contribution is 5.26. The van der Waals surface area contributed by atoms with Gasteiger partial charge in [0.25, 0.3) is 0 Å². The summed E-state index contributed by atoms with van der Waals surface area (Å²) < 4.78 is 24.7. The molecule has 1 saturated heterocycles. The van der Waals surface area contributed by atoms with Gasteiger partial charge < -0.3 is 15.2 Å². The fraction of sp³-hybridized carbons (Fsp3) is 0.500. The number of benzene rings is 1. The van der Waals surface area contributed by atoms with E-state index in [0.717, 1.165) is 0 Å². The quantitative estimate of drug-likeness (QED) is 0.832. The molecule has 2 rings (SSSR count). The van der Waals surface area contributed by atoms with Gasteiger partial charge in [0.05, 0.1) is 12.7 Å². The first-order valence-corrected chi connectivity index (χ1v) is 5.33. The van der Waals surface area contributed by atoms with Gasteiger partial charge in [0, 0.05) is 12.1 Å². The molecule has 0 spiro atoms. The summed E-state index contributed by atoms with van der Waals surface area (Å²) in [6.45, 7) is 4.36. The van der Waals surface area contributed by atoms with Gasteiger partial charge in [0.2, 0.25) is 0 Å². The van der Waals surface area contributed by atoms with E-state index in [-0.39, 0.29) is 11.9 Å². The van der Waals surface area contributed by atoms with Crippen LogP contribution >= 0.6 is 0 Å². The van der Waals surface area contributed by atoms with Crippen molar-refractivity contribution in [2.75, 3.05) is 13.2 Å². The van der Waals surface area contributed by atoms with Gasteiger partial charge in [0.15, 0.2) is 5.79 Å². The minimum atomic E-state index is -0.876. The second kappa shape index (κ2) is 4.13. The molecule has 1 heterocycles. The molecule has 3 nitrogen and oxygen atoms in total. The fourth-order valence-corrected chi connectivity index (χ4v) is 1.78. The van der Waals surface area contributed by atoms with E-state index in [9.17, 15) is 4.39 Å². The summed E-state index contributed by atoms with van der Waals surface area (Å²) in [5.41, 5.74) is 6.81. The molecule has 1 aliphatic heterocycles. The SMILES string of the molecule is Cc1ccc(C2(C)OCC(CN)O2)cc1F. The summed E-state index contributed by atoms with van der Waals surface area (Å²) in [6.07, 6.45) is -0.116. The van der Waals surface area contributed by atoms with E-state index in [2.05, 4.69) is 0 Å². The average molecular weight is 225 g/mol. The minimum Gasteiger partial charge on any atom is -0.343 e. The fourth-order valence-electron chi connectivity index (χ4n) is 1.78. The van der Waals surface area contributed by atoms with Crippen LogP contribution in [0.5, 0.6) is 0 Å². The smallest absolute Gasteiger partial charge is 0.192 e. The Morgan fingerprint density at radius 3 is 2.88 bits per heavy atom. The molecule has 88 valence electrons. The summed E-state index contributed by atoms with van der Waals surface area (Å²) in [5.74, 6) is -1.12. The zero-order valence-corrected chi connectivity index (χ0v) is 9.50. The standard InChI is InChI=1S/C12H16FNO2/c1-8-3-4-9(5-11(8)13)12(2)15-7-10(6-14)16-12/h3-5,10H,6-7,14H2,1-2H3. The summed E-state index contributed by atoms with van der Waals surface area (Å²) in [4.78, 5) is 0. The number of ether oxygens (including phenoxy) is 2. The van der Waals surface area contributed by atoms with Crippen LogP contribution in [-0.2, 0) is 15.3 Å². The number of nitrogens with two attached hydrogens (primary N) is 1. The molecule has 1 fully saturated rings. The van der Waals surface area contributed by atoms with Crippen molar-refractivity contribution in [3.05, 3.63) is 35.1 Å². The third-order valence-electron chi connectivity index (χ3n) is 2.90. The molecule has 4 heteroatoms. The average Bonchev–Trinajstić information content (AvgIpc) is 2.66. The summed E-state index contributed by atoms with van der Waals surface area (Å²) in [6, 6.07) is 4.99. The van der Waals surface area contributed by atoms with Gasteiger partial charge in [-0.3, -0.25) is 0 Å². The Hall–Kier alpha value is -0.970. The molecule has 16 heavy (non-hydrogen) atoms. The second-order valence-corrected chi connectivity index (χ2v) is 4.20. The van der Waals surface area contributed by atoms with E-state index in [0.29, 0.717) is 24.3 Å². The van der Waals surface area contributed by atoms with Gasteiger partial charge in [-0.15, -0.1) is 0 Å². The van der Waals surface area contributed by atoms with E-state index in [1.807, 2.05) is 6.07 Å². The number of hydrogen-bond acceptors (Lipinski definition) is 3. The Morgan fingerprint density at radius 1 is 1.56 bits per heavy atom. The maximum Gasteiger partial charge on any atom is 0.192 e. The molecule has 0 amide bonds. The predicted octanol–water partition coefficient (Wildman–Crippen LogP) is 1.68. The Morgan fingerprint density at radius 2 is 2.31 bits per heavy atom. The molecule has 0 aromatic heterocycles. The van der Waals surface area contributed by atoms with Crippen LogP contribution < -0.4 is 5.73 Å². The molecule has 0 saturated carbocycles. The van der Waals surface area contributed by atoms with Crippen LogP contribution in [-0.4, -0.2) is 19.3 Å². The van der Waals surface area contributed by atoms with Gasteiger partial charge in [-0.1, -0.05) is 12.1 Å². The molecular weight excluding hydrogens is 209 g/mol. The topological polar surface area (TPSA) is 44.5 Å². The van der Waals surface area contributed by atoms with Gasteiger partial charge >= 0.3 is 0 Å². The van der Waals surface area contributed by atoms with Gasteiger partial charge in [-0.25, -0.2) is 4.39 Å². The molecule has 0 radical (unpaired) electrons. The van der Waals surface area contributed by atoms with Gasteiger partial charge in [-0.05, 0) is 25.5 Å². The van der Waals surface area contributed by atoms with Gasteiger partial charge in [0.1, 0.15) is 5.82 Å². The number of halogens is 1. The van der Waals surface area contributed by atoms with Crippen LogP contribution in [0.15, 0.2) is 18.2 Å². The summed E-state index contributed by atoms with van der Waals surface area (Å²) >= 11 is 0. The van der Waals surface area contributed by atoms with Crippen molar-refractivity contribution >= 4 is 0 Å². The predicted molar refractivity (Wildman–Crippen MR) is 58.4 cm³/mol. The van der Waals surface area contributed by atoms with E-state index in [1.54, 1.807) is 19.9 Å². The first kappa shape index (κ1) is 11.5. The third kappa shape index (κ3) is 1.96. The second-order valence-electron chi connectivity index (χ2n) is 4.20. The first-order valence-electron chi connectivity index (χ1n) is 5.33. The molecule has 1 aromatic carbocycles. The summed E-state index contributed by atoms with van der Waals surface area (Å²) in [5, 5.41) is 0. The zero-order valence-electron chi connectivity index (χ0n) is 9.50. The van der Waals surface area contributed by atoms with Crippen molar-refractivity contribution in [2.24, 2.45) is 5.73 Å². The number of aryl methyl sites for hydroxylation is 1. The maximum absolute atomic E-state index is 13.4. The molecule has 0 aliphatic carbocycles. The van der Waals surface area contributed by atoms with E-state index in [4.69, 9.17) is 15.2 Å². The molecule has 1 aliphatic rings. The lowest BCUT2D eigenvalue weighted by atomic mass is 10.1. The molecule has 0 bridgehead atoms. The number of rotatable bonds is 2. The lowest BCUT2D eigenvalue weighted by molar-refractivity contribution is -0.160. The zero-order chi connectivity index (χ0) is 11.8. The number of hydrogen-bond donors (Lipinski definition) is 1. The molecular formula is C12H16FNO2. The first-order chi connectivity index (χ1) is 7.55. The van der Waals surface area contributed by atoms with Crippen molar-refractivity contribution in [1.29, 1.82) is 0 Å². The van der Waals surface area contributed by atoms with E-state index >= 15 is 0 Å². The van der Waals surface area contributed by atoms with Crippen LogP contribution in [0.2, 0.25) is 0 Å². The third-order valence-corrected chi connectivity index (χ3v) is 2.90. The van der Waals surface area contributed by atoms with Crippen molar-refractivity contribution < 1.29 is 13.9 Å². The Labute approximate surface area is 94.3 Å². The Balaban J connectivity index is 2.27.